The molecule has 1 amide bonds. The van der Waals surface area contributed by atoms with Gasteiger partial charge in [-0.3, -0.25) is 9.52 Å². The van der Waals surface area contributed by atoms with E-state index in [-0.39, 0.29) is 22.6 Å². The van der Waals surface area contributed by atoms with E-state index in [1.165, 1.54) is 6.20 Å². The van der Waals surface area contributed by atoms with Crippen molar-refractivity contribution in [1.82, 2.24) is 15.6 Å². The Kier molecular flexibility index (Phi) is 7.16. The molecule has 0 aliphatic carbocycles. The Bertz CT molecular complexity index is 1110. The van der Waals surface area contributed by atoms with Crippen LogP contribution in [0.4, 0.5) is 11.5 Å². The first-order valence-electron chi connectivity index (χ1n) is 11.3. The number of hydrogen-bond donors (Lipinski definition) is 3. The fourth-order valence-corrected chi connectivity index (χ4v) is 5.49. The van der Waals surface area contributed by atoms with Crippen LogP contribution < -0.4 is 20.3 Å². The predicted octanol–water partition coefficient (Wildman–Crippen LogP) is 1.82. The van der Waals surface area contributed by atoms with Crippen LogP contribution in [0.1, 0.15) is 34.3 Å². The molecule has 0 saturated carbocycles. The average Bonchev–Trinajstić information content (AvgIpc) is 3.33. The van der Waals surface area contributed by atoms with Gasteiger partial charge in [-0.1, -0.05) is 12.1 Å². The number of sulfonamides is 1. The number of nitrogens with one attached hydrogen (secondary N) is 3. The molecular weight excluding hydrogens is 442 g/mol. The zero-order chi connectivity index (χ0) is 23.4. The van der Waals surface area contributed by atoms with Gasteiger partial charge in [0.05, 0.1) is 28.4 Å². The first-order chi connectivity index (χ1) is 15.8. The van der Waals surface area contributed by atoms with Crippen molar-refractivity contribution in [2.75, 3.05) is 49.0 Å². The van der Waals surface area contributed by atoms with Crippen LogP contribution in [0.2, 0.25) is 0 Å². The lowest BCUT2D eigenvalue weighted by atomic mass is 10.2. The van der Waals surface area contributed by atoms with Gasteiger partial charge in [-0.2, -0.15) is 0 Å². The normalized spacial score (nSPS) is 18.8. The van der Waals surface area contributed by atoms with Gasteiger partial charge in [-0.15, -0.1) is 0 Å². The van der Waals surface area contributed by atoms with E-state index in [0.717, 1.165) is 31.5 Å². The smallest absolute Gasteiger partial charge is 0.262 e. The Morgan fingerprint density at radius 1 is 1.24 bits per heavy atom. The van der Waals surface area contributed by atoms with E-state index in [1.807, 2.05) is 17.9 Å². The van der Waals surface area contributed by atoms with Gasteiger partial charge in [0.1, 0.15) is 5.82 Å². The molecule has 0 radical (unpaired) electrons. The second-order valence-corrected chi connectivity index (χ2v) is 10.2. The molecule has 1 unspecified atom stereocenters. The van der Waals surface area contributed by atoms with Gasteiger partial charge < -0.3 is 20.3 Å². The van der Waals surface area contributed by atoms with Gasteiger partial charge in [0, 0.05) is 39.3 Å². The second kappa shape index (κ2) is 10.1. The van der Waals surface area contributed by atoms with E-state index in [0.29, 0.717) is 43.2 Å². The summed E-state index contributed by atoms with van der Waals surface area (Å²) in [6, 6.07) is 6.85. The van der Waals surface area contributed by atoms with Crippen molar-refractivity contribution in [3.63, 3.8) is 0 Å². The molecule has 1 aromatic carbocycles. The number of anilines is 2. The maximum atomic E-state index is 13.1. The zero-order valence-corrected chi connectivity index (χ0v) is 19.9. The van der Waals surface area contributed by atoms with Crippen LogP contribution in [0.25, 0.3) is 0 Å². The number of aryl methyl sites for hydroxylation is 2. The molecular formula is C23H31N5O4S. The van der Waals surface area contributed by atoms with Gasteiger partial charge in [-0.05, 0) is 49.9 Å². The quantitative estimate of drug-likeness (QED) is 0.562. The summed E-state index contributed by atoms with van der Waals surface area (Å²) in [5.74, 6) is 0.260. The Morgan fingerprint density at radius 3 is 2.76 bits per heavy atom. The predicted molar refractivity (Wildman–Crippen MR) is 127 cm³/mol. The molecule has 2 aliphatic rings. The highest BCUT2D eigenvalue weighted by Gasteiger charge is 2.24. The fourth-order valence-electron chi connectivity index (χ4n) is 4.12. The van der Waals surface area contributed by atoms with E-state index in [9.17, 15) is 13.2 Å². The number of benzene rings is 1. The summed E-state index contributed by atoms with van der Waals surface area (Å²) in [5, 5.41) is 6.22. The summed E-state index contributed by atoms with van der Waals surface area (Å²) < 4.78 is 34.3. The van der Waals surface area contributed by atoms with Crippen LogP contribution >= 0.6 is 0 Å². The van der Waals surface area contributed by atoms with Crippen molar-refractivity contribution in [3.8, 4) is 0 Å². The first kappa shape index (κ1) is 23.5. The number of ether oxygens (including phenoxy) is 1. The molecule has 4 rings (SSSR count). The SMILES string of the molecule is Cc1ccc(C)c(S(=O)(=O)Nc2cnc(N3CCNCC3)c(C(=O)NCC3CCCO3)c2)c1. The van der Waals surface area contributed by atoms with Gasteiger partial charge in [0.25, 0.3) is 15.9 Å². The molecule has 178 valence electrons. The molecule has 2 fully saturated rings. The lowest BCUT2D eigenvalue weighted by Crippen LogP contribution is -2.45. The minimum absolute atomic E-state index is 0.00975. The number of aromatic nitrogens is 1. The third kappa shape index (κ3) is 5.63. The summed E-state index contributed by atoms with van der Waals surface area (Å²) in [6.07, 6.45) is 3.38. The van der Waals surface area contributed by atoms with Crippen molar-refractivity contribution in [1.29, 1.82) is 0 Å². The van der Waals surface area contributed by atoms with Crippen molar-refractivity contribution < 1.29 is 17.9 Å². The van der Waals surface area contributed by atoms with Crippen LogP contribution in [0, 0.1) is 13.8 Å². The third-order valence-corrected chi connectivity index (χ3v) is 7.45. The number of amides is 1. The third-order valence-electron chi connectivity index (χ3n) is 5.93. The molecule has 2 saturated heterocycles. The molecule has 33 heavy (non-hydrogen) atoms. The molecule has 1 atom stereocenters. The highest BCUT2D eigenvalue weighted by molar-refractivity contribution is 7.92. The van der Waals surface area contributed by atoms with E-state index in [2.05, 4.69) is 20.3 Å². The van der Waals surface area contributed by atoms with Crippen LogP contribution in [0.5, 0.6) is 0 Å². The highest BCUT2D eigenvalue weighted by atomic mass is 32.2. The summed E-state index contributed by atoms with van der Waals surface area (Å²) >= 11 is 0. The Balaban J connectivity index is 1.61. The van der Waals surface area contributed by atoms with Crippen molar-refractivity contribution in [2.45, 2.75) is 37.7 Å². The molecule has 3 N–H and O–H groups in total. The van der Waals surface area contributed by atoms with E-state index in [1.54, 1.807) is 25.1 Å². The molecule has 10 heteroatoms. The number of carbonyl (C=O) groups excluding carboxylic acids is 1. The first-order valence-corrected chi connectivity index (χ1v) is 12.8. The molecule has 3 heterocycles. The van der Waals surface area contributed by atoms with E-state index < -0.39 is 10.0 Å². The summed E-state index contributed by atoms with van der Waals surface area (Å²) in [4.78, 5) is 19.9. The van der Waals surface area contributed by atoms with Crippen LogP contribution in [-0.2, 0) is 14.8 Å². The summed E-state index contributed by atoms with van der Waals surface area (Å²) in [6.45, 7) is 7.74. The average molecular weight is 474 g/mol. The van der Waals surface area contributed by atoms with Crippen molar-refractivity contribution >= 4 is 27.4 Å². The van der Waals surface area contributed by atoms with Crippen LogP contribution in [0.3, 0.4) is 0 Å². The zero-order valence-electron chi connectivity index (χ0n) is 19.1. The van der Waals surface area contributed by atoms with E-state index >= 15 is 0 Å². The lowest BCUT2D eigenvalue weighted by molar-refractivity contribution is 0.0858. The molecule has 2 aromatic rings. The molecule has 0 spiro atoms. The monoisotopic (exact) mass is 473 g/mol. The van der Waals surface area contributed by atoms with Gasteiger partial charge >= 0.3 is 0 Å². The topological polar surface area (TPSA) is 113 Å². The molecule has 1 aromatic heterocycles. The second-order valence-electron chi connectivity index (χ2n) is 8.55. The Labute approximate surface area is 195 Å². The van der Waals surface area contributed by atoms with Crippen LogP contribution in [0.15, 0.2) is 35.4 Å². The number of nitrogens with zero attached hydrogens (tertiary/aromatic N) is 2. The lowest BCUT2D eigenvalue weighted by Gasteiger charge is -2.30. The Morgan fingerprint density at radius 2 is 2.03 bits per heavy atom. The molecule has 0 bridgehead atoms. The van der Waals surface area contributed by atoms with Crippen LogP contribution in [-0.4, -0.2) is 64.7 Å². The minimum Gasteiger partial charge on any atom is -0.376 e. The maximum Gasteiger partial charge on any atom is 0.262 e. The Hall–Kier alpha value is -2.69. The number of rotatable bonds is 7. The minimum atomic E-state index is -3.84. The van der Waals surface area contributed by atoms with Gasteiger partial charge in [0.15, 0.2) is 0 Å². The van der Waals surface area contributed by atoms with Gasteiger partial charge in [0.2, 0.25) is 0 Å². The number of hydrogen-bond acceptors (Lipinski definition) is 7. The number of carbonyl (C=O) groups is 1. The number of pyridine rings is 1. The molecule has 9 nitrogen and oxygen atoms in total. The standard InChI is InChI=1S/C23H31N5O4S/c1-16-5-6-17(2)21(12-16)33(30,31)27-18-13-20(23(29)26-15-19-4-3-11-32-19)22(25-14-18)28-9-7-24-8-10-28/h5-6,12-14,19,24,27H,3-4,7-11,15H2,1-2H3,(H,26,29). The van der Waals surface area contributed by atoms with Crippen molar-refractivity contribution in [3.05, 3.63) is 47.2 Å². The summed E-state index contributed by atoms with van der Waals surface area (Å²) in [7, 11) is -3.84. The maximum absolute atomic E-state index is 13.1. The van der Waals surface area contributed by atoms with Crippen molar-refractivity contribution in [2.24, 2.45) is 0 Å². The van der Waals surface area contributed by atoms with E-state index in [4.69, 9.17) is 4.74 Å². The number of piperazine rings is 1. The van der Waals surface area contributed by atoms with Gasteiger partial charge in [-0.25, -0.2) is 13.4 Å². The largest absolute Gasteiger partial charge is 0.376 e. The molecule has 2 aliphatic heterocycles. The fraction of sp³-hybridized carbons (Fsp3) is 0.478. The summed E-state index contributed by atoms with van der Waals surface area (Å²) in [5.41, 5.74) is 2.09. The highest BCUT2D eigenvalue weighted by Crippen LogP contribution is 2.25.